The van der Waals surface area contributed by atoms with Gasteiger partial charge >= 0.3 is 0 Å². The van der Waals surface area contributed by atoms with Gasteiger partial charge in [0.1, 0.15) is 5.78 Å². The molecule has 0 saturated carbocycles. The Morgan fingerprint density at radius 1 is 1.30 bits per heavy atom. The first-order chi connectivity index (χ1) is 4.77. The predicted molar refractivity (Wildman–Crippen MR) is 38.8 cm³/mol. The molecular weight excluding hydrogens is 126 g/mol. The lowest BCUT2D eigenvalue weighted by atomic mass is 10.0. The molecular formula is C8H13NO. The van der Waals surface area contributed by atoms with E-state index >= 15 is 0 Å². The highest BCUT2D eigenvalue weighted by Gasteiger charge is 2.37. The van der Waals surface area contributed by atoms with E-state index in [0.717, 1.165) is 12.8 Å². The highest BCUT2D eigenvalue weighted by molar-refractivity contribution is 5.80. The van der Waals surface area contributed by atoms with E-state index in [2.05, 4.69) is 11.9 Å². The zero-order chi connectivity index (χ0) is 7.14. The van der Waals surface area contributed by atoms with Crippen molar-refractivity contribution in [1.82, 2.24) is 4.90 Å². The molecule has 0 aromatic rings. The lowest BCUT2D eigenvalue weighted by Crippen LogP contribution is -2.39. The fourth-order valence-electron chi connectivity index (χ4n) is 2.19. The monoisotopic (exact) mass is 139 g/mol. The minimum absolute atomic E-state index is 0.477. The van der Waals surface area contributed by atoms with Crippen molar-refractivity contribution < 1.29 is 4.79 Å². The van der Waals surface area contributed by atoms with Gasteiger partial charge in [0.25, 0.3) is 0 Å². The Hall–Kier alpha value is -0.370. The number of piperidine rings is 1. The van der Waals surface area contributed by atoms with Crippen LogP contribution < -0.4 is 0 Å². The average molecular weight is 139 g/mol. The van der Waals surface area contributed by atoms with Crippen LogP contribution in [-0.4, -0.2) is 29.8 Å². The van der Waals surface area contributed by atoms with Gasteiger partial charge in [0.15, 0.2) is 0 Å². The number of nitrogens with zero attached hydrogens (tertiary/aromatic N) is 1. The molecule has 0 N–H and O–H groups in total. The standard InChI is InChI=1S/C8H13NO/c1-9-6-2-3-7(9)5-8(10)4-6/h6-7H,2-5H2,1H3/t6-,7?/m0/s1. The van der Waals surface area contributed by atoms with E-state index in [1.54, 1.807) is 0 Å². The second kappa shape index (κ2) is 2.06. The molecule has 2 rings (SSSR count). The molecule has 0 radical (unpaired) electrons. The molecule has 2 nitrogen and oxygen atoms in total. The van der Waals surface area contributed by atoms with Crippen LogP contribution in [0.2, 0.25) is 0 Å². The number of ketones is 1. The first-order valence-electron chi connectivity index (χ1n) is 4.01. The second-order valence-corrected chi connectivity index (χ2v) is 3.50. The molecule has 2 aliphatic heterocycles. The van der Waals surface area contributed by atoms with Crippen molar-refractivity contribution in [1.29, 1.82) is 0 Å². The van der Waals surface area contributed by atoms with Gasteiger partial charge in [-0.05, 0) is 19.9 Å². The number of hydrogen-bond donors (Lipinski definition) is 0. The molecule has 0 aliphatic carbocycles. The number of carbonyl (C=O) groups is 1. The molecule has 2 heteroatoms. The summed E-state index contributed by atoms with van der Waals surface area (Å²) in [7, 11) is 2.15. The van der Waals surface area contributed by atoms with Crippen LogP contribution in [0.3, 0.4) is 0 Å². The van der Waals surface area contributed by atoms with E-state index in [1.807, 2.05) is 0 Å². The van der Waals surface area contributed by atoms with Crippen LogP contribution in [0.1, 0.15) is 25.7 Å². The number of rotatable bonds is 0. The summed E-state index contributed by atoms with van der Waals surface area (Å²) < 4.78 is 0. The van der Waals surface area contributed by atoms with Gasteiger partial charge in [-0.25, -0.2) is 0 Å². The molecule has 2 aliphatic rings. The summed E-state index contributed by atoms with van der Waals surface area (Å²) >= 11 is 0. The first-order valence-corrected chi connectivity index (χ1v) is 4.01. The van der Waals surface area contributed by atoms with E-state index < -0.39 is 0 Å². The van der Waals surface area contributed by atoms with Gasteiger partial charge < -0.3 is 0 Å². The van der Waals surface area contributed by atoms with E-state index in [-0.39, 0.29) is 0 Å². The minimum Gasteiger partial charge on any atom is -0.300 e. The van der Waals surface area contributed by atoms with Crippen LogP contribution in [0.5, 0.6) is 0 Å². The fraction of sp³-hybridized carbons (Fsp3) is 0.875. The van der Waals surface area contributed by atoms with Crippen LogP contribution in [0, 0.1) is 0 Å². The van der Waals surface area contributed by atoms with Crippen LogP contribution >= 0.6 is 0 Å². The third-order valence-electron chi connectivity index (χ3n) is 2.91. The SMILES string of the molecule is CN1C2CC[C@H]1CC(=O)C2. The Morgan fingerprint density at radius 3 is 2.30 bits per heavy atom. The summed E-state index contributed by atoms with van der Waals surface area (Å²) in [5, 5.41) is 0. The van der Waals surface area contributed by atoms with Gasteiger partial charge in [-0.3, -0.25) is 9.69 Å². The number of carbonyl (C=O) groups excluding carboxylic acids is 1. The van der Waals surface area contributed by atoms with Gasteiger partial charge in [-0.15, -0.1) is 0 Å². The van der Waals surface area contributed by atoms with Crippen LogP contribution in [0.25, 0.3) is 0 Å². The van der Waals surface area contributed by atoms with E-state index in [0.29, 0.717) is 17.9 Å². The summed E-state index contributed by atoms with van der Waals surface area (Å²) in [6, 6.07) is 1.18. The third-order valence-corrected chi connectivity index (χ3v) is 2.91. The highest BCUT2D eigenvalue weighted by atomic mass is 16.1. The molecule has 0 aromatic heterocycles. The fourth-order valence-corrected chi connectivity index (χ4v) is 2.19. The van der Waals surface area contributed by atoms with Gasteiger partial charge in [0, 0.05) is 24.9 Å². The lowest BCUT2D eigenvalue weighted by molar-refractivity contribution is -0.123. The van der Waals surface area contributed by atoms with Crippen molar-refractivity contribution in [2.45, 2.75) is 37.8 Å². The normalized spacial score (nSPS) is 40.7. The van der Waals surface area contributed by atoms with Crippen molar-refractivity contribution in [2.24, 2.45) is 0 Å². The molecule has 0 aromatic carbocycles. The maximum Gasteiger partial charge on any atom is 0.136 e. The van der Waals surface area contributed by atoms with Gasteiger partial charge in [-0.1, -0.05) is 0 Å². The molecule has 10 heavy (non-hydrogen) atoms. The van der Waals surface area contributed by atoms with Crippen LogP contribution in [0.4, 0.5) is 0 Å². The number of hydrogen-bond acceptors (Lipinski definition) is 2. The molecule has 2 heterocycles. The molecule has 2 atom stereocenters. The quantitative estimate of drug-likeness (QED) is 0.495. The first kappa shape index (κ1) is 6.35. The summed E-state index contributed by atoms with van der Waals surface area (Å²) in [4.78, 5) is 13.4. The predicted octanol–water partition coefficient (Wildman–Crippen LogP) is 0.812. The van der Waals surface area contributed by atoms with Gasteiger partial charge in [-0.2, -0.15) is 0 Å². The van der Waals surface area contributed by atoms with Crippen molar-refractivity contribution in [2.75, 3.05) is 7.05 Å². The van der Waals surface area contributed by atoms with E-state index in [4.69, 9.17) is 0 Å². The maximum absolute atomic E-state index is 11.0. The number of fused-ring (bicyclic) bond motifs is 2. The molecule has 56 valence electrons. The van der Waals surface area contributed by atoms with Crippen molar-refractivity contribution in [3.05, 3.63) is 0 Å². The molecule has 0 amide bonds. The molecule has 2 fully saturated rings. The zero-order valence-electron chi connectivity index (χ0n) is 6.34. The largest absolute Gasteiger partial charge is 0.300 e. The molecule has 1 unspecified atom stereocenters. The minimum atomic E-state index is 0.477. The smallest absolute Gasteiger partial charge is 0.136 e. The summed E-state index contributed by atoms with van der Waals surface area (Å²) in [6.07, 6.45) is 4.11. The van der Waals surface area contributed by atoms with E-state index in [9.17, 15) is 4.79 Å². The summed E-state index contributed by atoms with van der Waals surface area (Å²) in [5.41, 5.74) is 0. The zero-order valence-corrected chi connectivity index (χ0v) is 6.34. The Labute approximate surface area is 61.2 Å². The van der Waals surface area contributed by atoms with Gasteiger partial charge in [0.2, 0.25) is 0 Å². The molecule has 2 bridgehead atoms. The number of Topliss-reactive ketones (excluding diaryl/α,β-unsaturated/α-hetero) is 1. The van der Waals surface area contributed by atoms with Crippen LogP contribution in [-0.2, 0) is 4.79 Å². The Balaban J connectivity index is 2.16. The topological polar surface area (TPSA) is 20.3 Å². The second-order valence-electron chi connectivity index (χ2n) is 3.50. The Bertz CT molecular complexity index is 151. The van der Waals surface area contributed by atoms with E-state index in [1.165, 1.54) is 12.8 Å². The Kier molecular flexibility index (Phi) is 1.31. The lowest BCUT2D eigenvalue weighted by Gasteiger charge is -2.29. The van der Waals surface area contributed by atoms with Gasteiger partial charge in [0.05, 0.1) is 0 Å². The maximum atomic E-state index is 11.0. The molecule has 0 spiro atoms. The summed E-state index contributed by atoms with van der Waals surface area (Å²) in [5.74, 6) is 0.477. The van der Waals surface area contributed by atoms with Crippen molar-refractivity contribution in [3.8, 4) is 0 Å². The third kappa shape index (κ3) is 0.788. The highest BCUT2D eigenvalue weighted by Crippen LogP contribution is 2.31. The molecule has 2 saturated heterocycles. The van der Waals surface area contributed by atoms with Crippen molar-refractivity contribution in [3.63, 3.8) is 0 Å². The summed E-state index contributed by atoms with van der Waals surface area (Å²) in [6.45, 7) is 0. The average Bonchev–Trinajstić information content (AvgIpc) is 2.20. The Morgan fingerprint density at radius 2 is 1.80 bits per heavy atom. The van der Waals surface area contributed by atoms with Crippen LogP contribution in [0.15, 0.2) is 0 Å². The van der Waals surface area contributed by atoms with Crippen molar-refractivity contribution >= 4 is 5.78 Å².